The van der Waals surface area contributed by atoms with Gasteiger partial charge in [-0.1, -0.05) is 30.3 Å². The van der Waals surface area contributed by atoms with E-state index in [9.17, 15) is 0 Å². The Labute approximate surface area is 88.1 Å². The Kier molecular flexibility index (Phi) is 2.42. The van der Waals surface area contributed by atoms with Crippen LogP contribution in [0.25, 0.3) is 0 Å². The summed E-state index contributed by atoms with van der Waals surface area (Å²) in [4.78, 5) is 0. The zero-order chi connectivity index (χ0) is 10.7. The summed E-state index contributed by atoms with van der Waals surface area (Å²) in [6, 6.07) is 11.8. The highest BCUT2D eigenvalue weighted by Crippen LogP contribution is 2.29. The molecule has 1 atom stereocenters. The van der Waals surface area contributed by atoms with Crippen LogP contribution in [-0.4, -0.2) is 0 Å². The van der Waals surface area contributed by atoms with E-state index < -0.39 is 0 Å². The molecule has 1 aromatic rings. The van der Waals surface area contributed by atoms with E-state index >= 15 is 0 Å². The first kappa shape index (κ1) is 9.35. The Morgan fingerprint density at radius 3 is 2.67 bits per heavy atom. The molecule has 0 aliphatic carbocycles. The van der Waals surface area contributed by atoms with Crippen LogP contribution < -0.4 is 5.73 Å². The Hall–Kier alpha value is -2.21. The predicted molar refractivity (Wildman–Crippen MR) is 56.2 cm³/mol. The van der Waals surface area contributed by atoms with Crippen LogP contribution in [-0.2, 0) is 4.74 Å². The maximum Gasteiger partial charge on any atom is 0.204 e. The summed E-state index contributed by atoms with van der Waals surface area (Å²) in [7, 11) is 0. The predicted octanol–water partition coefficient (Wildman–Crippen LogP) is 2.01. The van der Waals surface area contributed by atoms with E-state index in [4.69, 9.17) is 15.7 Å². The first-order chi connectivity index (χ1) is 7.33. The third-order valence-corrected chi connectivity index (χ3v) is 2.32. The van der Waals surface area contributed by atoms with Gasteiger partial charge < -0.3 is 10.5 Å². The molecule has 0 bridgehead atoms. The van der Waals surface area contributed by atoms with Gasteiger partial charge in [-0.15, -0.1) is 0 Å². The first-order valence-corrected chi connectivity index (χ1v) is 4.61. The summed E-state index contributed by atoms with van der Waals surface area (Å²) in [5, 5.41) is 8.99. The van der Waals surface area contributed by atoms with Gasteiger partial charge in [-0.2, -0.15) is 5.26 Å². The van der Waals surface area contributed by atoms with Gasteiger partial charge in [0, 0.05) is 5.92 Å². The first-order valence-electron chi connectivity index (χ1n) is 4.61. The van der Waals surface area contributed by atoms with Crippen LogP contribution in [0.2, 0.25) is 0 Å². The van der Waals surface area contributed by atoms with Crippen LogP contribution in [0.15, 0.2) is 54.1 Å². The lowest BCUT2D eigenvalue weighted by Gasteiger charge is -2.17. The van der Waals surface area contributed by atoms with Gasteiger partial charge in [0.15, 0.2) is 0 Å². The molecule has 2 rings (SSSR count). The highest BCUT2D eigenvalue weighted by molar-refractivity contribution is 5.43. The van der Waals surface area contributed by atoms with Gasteiger partial charge in [-0.05, 0) is 11.6 Å². The van der Waals surface area contributed by atoms with E-state index in [0.717, 1.165) is 5.56 Å². The fourth-order valence-electron chi connectivity index (χ4n) is 1.57. The summed E-state index contributed by atoms with van der Waals surface area (Å²) >= 11 is 0. The molecule has 0 amide bonds. The van der Waals surface area contributed by atoms with Crippen LogP contribution in [0.1, 0.15) is 11.5 Å². The van der Waals surface area contributed by atoms with E-state index in [2.05, 4.69) is 6.07 Å². The third kappa shape index (κ3) is 1.70. The molecule has 3 nitrogen and oxygen atoms in total. The lowest BCUT2D eigenvalue weighted by molar-refractivity contribution is 0.329. The van der Waals surface area contributed by atoms with Crippen molar-refractivity contribution in [2.24, 2.45) is 5.73 Å². The normalized spacial score (nSPS) is 19.5. The smallest absolute Gasteiger partial charge is 0.204 e. The number of nitrogens with zero attached hydrogens (tertiary/aromatic N) is 1. The van der Waals surface area contributed by atoms with Gasteiger partial charge in [0.05, 0.1) is 6.26 Å². The largest absolute Gasteiger partial charge is 0.448 e. The average molecular weight is 198 g/mol. The Balaban J connectivity index is 2.42. The SMILES string of the molecule is N#CC1=C(N)OC=CC1c1ccccc1. The van der Waals surface area contributed by atoms with Crippen molar-refractivity contribution in [1.82, 2.24) is 0 Å². The number of allylic oxidation sites excluding steroid dienone is 2. The zero-order valence-electron chi connectivity index (χ0n) is 8.05. The third-order valence-electron chi connectivity index (χ3n) is 2.32. The number of benzene rings is 1. The van der Waals surface area contributed by atoms with Crippen LogP contribution in [0.4, 0.5) is 0 Å². The fraction of sp³-hybridized carbons (Fsp3) is 0.0833. The summed E-state index contributed by atoms with van der Waals surface area (Å²) in [6.45, 7) is 0. The van der Waals surface area contributed by atoms with Gasteiger partial charge in [0.1, 0.15) is 11.6 Å². The molecule has 15 heavy (non-hydrogen) atoms. The van der Waals surface area contributed by atoms with E-state index in [1.807, 2.05) is 36.4 Å². The molecule has 0 fully saturated rings. The monoisotopic (exact) mass is 198 g/mol. The molecule has 74 valence electrons. The summed E-state index contributed by atoms with van der Waals surface area (Å²) in [5.74, 6) is 0.0961. The lowest BCUT2D eigenvalue weighted by Crippen LogP contribution is -2.12. The van der Waals surface area contributed by atoms with Crippen LogP contribution in [0.5, 0.6) is 0 Å². The minimum absolute atomic E-state index is 0.0926. The van der Waals surface area contributed by atoms with Crippen molar-refractivity contribution in [1.29, 1.82) is 5.26 Å². The maximum atomic E-state index is 8.99. The van der Waals surface area contributed by atoms with Crippen molar-refractivity contribution >= 4 is 0 Å². The number of hydrogen-bond donors (Lipinski definition) is 1. The van der Waals surface area contributed by atoms with Crippen molar-refractivity contribution in [2.75, 3.05) is 0 Å². The molecule has 1 aliphatic rings. The molecular weight excluding hydrogens is 188 g/mol. The molecule has 0 aromatic heterocycles. The standard InChI is InChI=1S/C12H10N2O/c13-8-11-10(6-7-15-12(11)14)9-4-2-1-3-5-9/h1-7,10H,14H2. The van der Waals surface area contributed by atoms with Gasteiger partial charge in [-0.3, -0.25) is 0 Å². The number of nitriles is 1. The summed E-state index contributed by atoms with van der Waals surface area (Å²) in [6.07, 6.45) is 3.35. The van der Waals surface area contributed by atoms with Gasteiger partial charge in [-0.25, -0.2) is 0 Å². The van der Waals surface area contributed by atoms with Crippen molar-refractivity contribution in [2.45, 2.75) is 5.92 Å². The van der Waals surface area contributed by atoms with E-state index in [-0.39, 0.29) is 11.8 Å². The quantitative estimate of drug-likeness (QED) is 0.750. The molecular formula is C12H10N2O. The average Bonchev–Trinajstić information content (AvgIpc) is 2.30. The van der Waals surface area contributed by atoms with Crippen molar-refractivity contribution in [3.05, 3.63) is 59.7 Å². The Morgan fingerprint density at radius 1 is 1.27 bits per heavy atom. The lowest BCUT2D eigenvalue weighted by atomic mass is 9.91. The number of ether oxygens (including phenoxy) is 1. The highest BCUT2D eigenvalue weighted by atomic mass is 16.5. The molecule has 0 saturated heterocycles. The van der Waals surface area contributed by atoms with Gasteiger partial charge in [0.2, 0.25) is 5.88 Å². The molecule has 3 heteroatoms. The number of rotatable bonds is 1. The maximum absolute atomic E-state index is 8.99. The summed E-state index contributed by atoms with van der Waals surface area (Å²) < 4.78 is 4.99. The molecule has 0 saturated carbocycles. The Bertz CT molecular complexity index is 454. The zero-order valence-corrected chi connectivity index (χ0v) is 8.05. The van der Waals surface area contributed by atoms with E-state index in [1.54, 1.807) is 0 Å². The Morgan fingerprint density at radius 2 is 2.00 bits per heavy atom. The minimum atomic E-state index is -0.0926. The van der Waals surface area contributed by atoms with Crippen LogP contribution in [0, 0.1) is 11.3 Å². The van der Waals surface area contributed by atoms with Crippen molar-refractivity contribution in [3.8, 4) is 6.07 Å². The molecule has 1 aliphatic heterocycles. The second-order valence-electron chi connectivity index (χ2n) is 3.22. The minimum Gasteiger partial charge on any atom is -0.448 e. The van der Waals surface area contributed by atoms with Gasteiger partial charge in [0.25, 0.3) is 0 Å². The van der Waals surface area contributed by atoms with E-state index in [0.29, 0.717) is 5.57 Å². The number of hydrogen-bond acceptors (Lipinski definition) is 3. The van der Waals surface area contributed by atoms with Crippen molar-refractivity contribution in [3.63, 3.8) is 0 Å². The highest BCUT2D eigenvalue weighted by Gasteiger charge is 2.20. The molecule has 2 N–H and O–H groups in total. The van der Waals surface area contributed by atoms with Crippen LogP contribution in [0.3, 0.4) is 0 Å². The fourth-order valence-corrected chi connectivity index (χ4v) is 1.57. The molecule has 0 radical (unpaired) electrons. The van der Waals surface area contributed by atoms with Crippen molar-refractivity contribution < 1.29 is 4.74 Å². The number of nitrogens with two attached hydrogens (primary N) is 1. The topological polar surface area (TPSA) is 59.0 Å². The molecule has 1 unspecified atom stereocenters. The molecule has 1 heterocycles. The molecule has 0 spiro atoms. The second kappa shape index (κ2) is 3.89. The van der Waals surface area contributed by atoms with Crippen LogP contribution >= 0.6 is 0 Å². The van der Waals surface area contributed by atoms with Gasteiger partial charge >= 0.3 is 0 Å². The van der Waals surface area contributed by atoms with E-state index in [1.165, 1.54) is 6.26 Å². The second-order valence-corrected chi connectivity index (χ2v) is 3.22. The molecule has 1 aromatic carbocycles. The summed E-state index contributed by atoms with van der Waals surface area (Å²) in [5.41, 5.74) is 7.10.